The predicted molar refractivity (Wildman–Crippen MR) is 114 cm³/mol. The molecule has 0 radical (unpaired) electrons. The van der Waals surface area contributed by atoms with Crippen LogP contribution in [0, 0.1) is 17.8 Å². The normalized spacial score (nSPS) is 33.0. The monoisotopic (exact) mass is 426 g/mol. The molecule has 4 heterocycles. The molecule has 3 saturated heterocycles. The van der Waals surface area contributed by atoms with E-state index in [9.17, 15) is 19.5 Å². The SMILES string of the molecule is O=C(O)C1CC[N+]2(N3CCC(C4CCNCC4)CC3)C(=O)c3cccc(c3)C(=O)C2C1. The maximum Gasteiger partial charge on any atom is 0.365 e. The van der Waals surface area contributed by atoms with Gasteiger partial charge >= 0.3 is 11.9 Å². The number of hydrogen-bond donors (Lipinski definition) is 2. The van der Waals surface area contributed by atoms with Crippen LogP contribution in [-0.2, 0) is 4.79 Å². The molecule has 7 heteroatoms. The van der Waals surface area contributed by atoms with Crippen LogP contribution in [0.2, 0.25) is 0 Å². The molecule has 3 fully saturated rings. The maximum absolute atomic E-state index is 13.9. The molecule has 3 unspecified atom stereocenters. The van der Waals surface area contributed by atoms with Gasteiger partial charge in [-0.2, -0.15) is 4.59 Å². The molecule has 2 N–H and O–H groups in total. The number of amides is 1. The summed E-state index contributed by atoms with van der Waals surface area (Å²) in [6, 6.07) is 6.39. The molecular weight excluding hydrogens is 394 g/mol. The second-order valence-corrected chi connectivity index (χ2v) is 9.75. The van der Waals surface area contributed by atoms with Crippen LogP contribution in [0.25, 0.3) is 0 Å². The highest BCUT2D eigenvalue weighted by Crippen LogP contribution is 2.41. The minimum atomic E-state index is -0.862. The van der Waals surface area contributed by atoms with Crippen molar-refractivity contribution in [3.05, 3.63) is 35.4 Å². The number of hydrogen-bond acceptors (Lipinski definition) is 5. The molecule has 0 aliphatic carbocycles. The van der Waals surface area contributed by atoms with E-state index in [1.807, 2.05) is 0 Å². The fourth-order valence-electron chi connectivity index (χ4n) is 6.56. The minimum Gasteiger partial charge on any atom is -0.481 e. The minimum absolute atomic E-state index is 0.00489. The number of carbonyl (C=O) groups excluding carboxylic acids is 2. The number of nitrogens with one attached hydrogen (secondary N) is 1. The van der Waals surface area contributed by atoms with Crippen LogP contribution >= 0.6 is 0 Å². The van der Waals surface area contributed by atoms with Crippen molar-refractivity contribution < 1.29 is 24.1 Å². The smallest absolute Gasteiger partial charge is 0.365 e. The zero-order chi connectivity index (χ0) is 21.6. The second-order valence-electron chi connectivity index (χ2n) is 9.75. The Morgan fingerprint density at radius 3 is 2.39 bits per heavy atom. The van der Waals surface area contributed by atoms with Crippen molar-refractivity contribution in [1.29, 1.82) is 0 Å². The summed E-state index contributed by atoms with van der Waals surface area (Å²) in [5, 5.41) is 15.3. The second kappa shape index (κ2) is 8.11. The highest BCUT2D eigenvalue weighted by Gasteiger charge is 2.59. The van der Waals surface area contributed by atoms with Crippen LogP contribution in [0.4, 0.5) is 0 Å². The van der Waals surface area contributed by atoms with Gasteiger partial charge in [0.15, 0.2) is 6.04 Å². The first-order valence-electron chi connectivity index (χ1n) is 11.8. The number of Topliss-reactive ketones (excluding diaryl/α,β-unsaturated/α-hetero) is 1. The van der Waals surface area contributed by atoms with E-state index in [1.54, 1.807) is 24.3 Å². The Balaban J connectivity index is 1.46. The van der Waals surface area contributed by atoms with E-state index in [-0.39, 0.29) is 22.7 Å². The molecule has 0 spiro atoms. The lowest BCUT2D eigenvalue weighted by Gasteiger charge is -2.52. The highest BCUT2D eigenvalue weighted by molar-refractivity contribution is 6.05. The fraction of sp³-hybridized carbons (Fsp3) is 0.625. The van der Waals surface area contributed by atoms with E-state index in [4.69, 9.17) is 0 Å². The Hall–Kier alpha value is -2.09. The number of fused-ring (bicyclic) bond motifs is 3. The average molecular weight is 427 g/mol. The zero-order valence-corrected chi connectivity index (χ0v) is 18.0. The summed E-state index contributed by atoms with van der Waals surface area (Å²) in [6.07, 6.45) is 5.17. The molecule has 4 aliphatic heterocycles. The van der Waals surface area contributed by atoms with Gasteiger partial charge in [-0.25, -0.2) is 4.79 Å². The lowest BCUT2D eigenvalue weighted by Crippen LogP contribution is -2.73. The molecule has 5 rings (SSSR count). The summed E-state index contributed by atoms with van der Waals surface area (Å²) in [5.41, 5.74) is 1.11. The van der Waals surface area contributed by atoms with Crippen molar-refractivity contribution in [1.82, 2.24) is 10.3 Å². The number of rotatable bonds is 3. The van der Waals surface area contributed by atoms with Gasteiger partial charge in [-0.15, -0.1) is 5.01 Å². The molecule has 0 saturated carbocycles. The molecule has 1 aromatic rings. The number of carboxylic acid groups (broad SMARTS) is 1. The van der Waals surface area contributed by atoms with Gasteiger partial charge in [-0.05, 0) is 62.7 Å². The lowest BCUT2D eigenvalue weighted by molar-refractivity contribution is -0.983. The molecule has 7 nitrogen and oxygen atoms in total. The van der Waals surface area contributed by atoms with Crippen molar-refractivity contribution in [2.75, 3.05) is 32.7 Å². The van der Waals surface area contributed by atoms with Gasteiger partial charge in [0.25, 0.3) is 0 Å². The van der Waals surface area contributed by atoms with Crippen molar-refractivity contribution in [2.45, 2.75) is 44.6 Å². The Labute approximate surface area is 183 Å². The predicted octanol–water partition coefficient (Wildman–Crippen LogP) is 2.33. The van der Waals surface area contributed by atoms with Crippen molar-refractivity contribution in [2.24, 2.45) is 17.8 Å². The van der Waals surface area contributed by atoms with Gasteiger partial charge in [0, 0.05) is 31.5 Å². The topological polar surface area (TPSA) is 86.7 Å². The van der Waals surface area contributed by atoms with Crippen LogP contribution in [0.3, 0.4) is 0 Å². The third-order valence-electron chi connectivity index (χ3n) is 8.31. The van der Waals surface area contributed by atoms with Crippen LogP contribution in [0.5, 0.6) is 0 Å². The fourth-order valence-corrected chi connectivity index (χ4v) is 6.56. The Morgan fingerprint density at radius 1 is 1.00 bits per heavy atom. The molecule has 1 aromatic carbocycles. The van der Waals surface area contributed by atoms with Crippen LogP contribution in [0.15, 0.2) is 24.3 Å². The van der Waals surface area contributed by atoms with E-state index >= 15 is 0 Å². The third-order valence-corrected chi connectivity index (χ3v) is 8.31. The summed E-state index contributed by atoms with van der Waals surface area (Å²) in [4.78, 5) is 39.2. The third kappa shape index (κ3) is 3.43. The van der Waals surface area contributed by atoms with Crippen molar-refractivity contribution in [3.63, 3.8) is 0 Å². The Bertz CT molecular complexity index is 889. The Kier molecular flexibility index (Phi) is 5.44. The van der Waals surface area contributed by atoms with Gasteiger partial charge in [0.05, 0.1) is 11.5 Å². The molecule has 31 heavy (non-hydrogen) atoms. The number of benzene rings is 1. The molecular formula is C24H32N3O4+. The van der Waals surface area contributed by atoms with Crippen molar-refractivity contribution >= 4 is 17.7 Å². The van der Waals surface area contributed by atoms with Crippen LogP contribution in [0.1, 0.15) is 59.2 Å². The van der Waals surface area contributed by atoms with E-state index in [2.05, 4.69) is 10.3 Å². The van der Waals surface area contributed by atoms with Crippen LogP contribution < -0.4 is 5.32 Å². The maximum atomic E-state index is 13.9. The number of piperidine rings is 3. The summed E-state index contributed by atoms with van der Waals surface area (Å²) in [6.45, 7) is 4.15. The van der Waals surface area contributed by atoms with Gasteiger partial charge < -0.3 is 10.4 Å². The average Bonchev–Trinajstić information content (AvgIpc) is 2.88. The summed E-state index contributed by atoms with van der Waals surface area (Å²) in [7, 11) is 0. The van der Waals surface area contributed by atoms with E-state index < -0.39 is 17.9 Å². The number of quaternary nitrogens is 1. The van der Waals surface area contributed by atoms with Crippen molar-refractivity contribution in [3.8, 4) is 0 Å². The first-order chi connectivity index (χ1) is 15.0. The van der Waals surface area contributed by atoms with E-state index in [0.29, 0.717) is 30.0 Å². The summed E-state index contributed by atoms with van der Waals surface area (Å²) in [5.74, 6) is -0.143. The quantitative estimate of drug-likeness (QED) is 0.722. The molecule has 0 aromatic heterocycles. The number of nitrogens with zero attached hydrogens (tertiary/aromatic N) is 2. The van der Waals surface area contributed by atoms with E-state index in [0.717, 1.165) is 44.9 Å². The number of ketones is 1. The molecule has 2 bridgehead atoms. The number of carbonyl (C=O) groups is 3. The van der Waals surface area contributed by atoms with Gasteiger partial charge in [-0.3, -0.25) is 9.59 Å². The largest absolute Gasteiger partial charge is 0.481 e. The first kappa shape index (κ1) is 20.8. The summed E-state index contributed by atoms with van der Waals surface area (Å²) < 4.78 is -0.00489. The first-order valence-corrected chi connectivity index (χ1v) is 11.8. The lowest BCUT2D eigenvalue weighted by atomic mass is 9.79. The van der Waals surface area contributed by atoms with Gasteiger partial charge in [0.1, 0.15) is 6.54 Å². The van der Waals surface area contributed by atoms with Crippen LogP contribution in [-0.4, -0.2) is 71.1 Å². The zero-order valence-electron chi connectivity index (χ0n) is 18.0. The van der Waals surface area contributed by atoms with E-state index in [1.165, 1.54) is 12.8 Å². The number of carboxylic acids is 1. The standard InChI is InChI=1S/C24H31N3O4/c28-22-18-2-1-3-19(14-18)23(29)27(13-8-20(24(30)31)15-21(22)27)26-11-6-17(7-12-26)16-4-9-25-10-5-16/h1-3,14,16-17,20-21,25H,4-13,15H2/p+1. The summed E-state index contributed by atoms with van der Waals surface area (Å²) >= 11 is 0. The van der Waals surface area contributed by atoms with Gasteiger partial charge in [-0.1, -0.05) is 12.1 Å². The molecule has 1 amide bonds. The number of aliphatic carboxylic acids is 1. The molecule has 166 valence electrons. The van der Waals surface area contributed by atoms with Gasteiger partial charge in [0.2, 0.25) is 5.78 Å². The molecule has 3 atom stereocenters. The highest BCUT2D eigenvalue weighted by atomic mass is 16.4. The molecule has 4 aliphatic rings. The Morgan fingerprint density at radius 2 is 1.68 bits per heavy atom.